The summed E-state index contributed by atoms with van der Waals surface area (Å²) < 4.78 is 0. The average molecular weight is 464 g/mol. The Morgan fingerprint density at radius 3 is 2.83 bits per heavy atom. The predicted octanol–water partition coefficient (Wildman–Crippen LogP) is 3.08. The number of nitrogens with one attached hydrogen (secondary N) is 3. The number of rotatable bonds is 9. The van der Waals surface area contributed by atoms with Gasteiger partial charge in [0, 0.05) is 38.0 Å². The van der Waals surface area contributed by atoms with Crippen LogP contribution in [0.2, 0.25) is 0 Å². The zero-order valence-electron chi connectivity index (χ0n) is 14.5. The number of carbonyl (C=O) groups excluding carboxylic acids is 1. The number of hydrogen-bond donors (Lipinski definition) is 3. The summed E-state index contributed by atoms with van der Waals surface area (Å²) >= 11 is 1.72. The normalized spacial score (nSPS) is 15.3. The van der Waals surface area contributed by atoms with E-state index < -0.39 is 0 Å². The highest BCUT2D eigenvalue weighted by Gasteiger charge is 2.22. The van der Waals surface area contributed by atoms with Gasteiger partial charge in [-0.2, -0.15) is 11.3 Å². The Balaban J connectivity index is 0.00000288. The molecule has 1 saturated carbocycles. The molecule has 1 unspecified atom stereocenters. The fourth-order valence-electron chi connectivity index (χ4n) is 2.21. The van der Waals surface area contributed by atoms with Crippen LogP contribution in [0.15, 0.2) is 21.8 Å². The largest absolute Gasteiger partial charge is 0.357 e. The highest BCUT2D eigenvalue weighted by Crippen LogP contribution is 2.19. The monoisotopic (exact) mass is 464 g/mol. The summed E-state index contributed by atoms with van der Waals surface area (Å²) in [5, 5.41) is 13.9. The summed E-state index contributed by atoms with van der Waals surface area (Å²) in [4.78, 5) is 16.3. The van der Waals surface area contributed by atoms with Crippen molar-refractivity contribution in [2.45, 2.75) is 51.5 Å². The maximum absolute atomic E-state index is 11.6. The van der Waals surface area contributed by atoms with E-state index >= 15 is 0 Å². The van der Waals surface area contributed by atoms with Crippen LogP contribution in [0.4, 0.5) is 0 Å². The Hall–Kier alpha value is -0.830. The molecule has 1 aromatic rings. The molecule has 1 aromatic heterocycles. The first-order chi connectivity index (χ1) is 11.2. The fourth-order valence-corrected chi connectivity index (χ4v) is 3.00. The van der Waals surface area contributed by atoms with Gasteiger partial charge in [0.1, 0.15) is 0 Å². The van der Waals surface area contributed by atoms with Crippen LogP contribution in [-0.4, -0.2) is 37.5 Å². The van der Waals surface area contributed by atoms with E-state index in [9.17, 15) is 4.79 Å². The Morgan fingerprint density at radius 2 is 2.21 bits per heavy atom. The maximum Gasteiger partial charge on any atom is 0.220 e. The molecule has 2 rings (SSSR count). The molecule has 1 aliphatic rings. The van der Waals surface area contributed by atoms with Crippen LogP contribution >= 0.6 is 35.3 Å². The van der Waals surface area contributed by atoms with Crippen molar-refractivity contribution < 1.29 is 4.79 Å². The van der Waals surface area contributed by atoms with Crippen LogP contribution in [-0.2, 0) is 4.79 Å². The molecule has 1 heterocycles. The maximum atomic E-state index is 11.6. The SMILES string of the molecule is CCNC(=NCC(C)c1ccsc1)NCCCC(=O)NC1CC1.I. The highest BCUT2D eigenvalue weighted by molar-refractivity contribution is 14.0. The molecule has 0 aromatic carbocycles. The molecule has 3 N–H and O–H groups in total. The second-order valence-corrected chi connectivity index (χ2v) is 6.83. The van der Waals surface area contributed by atoms with Crippen molar-refractivity contribution in [3.63, 3.8) is 0 Å². The third-order valence-electron chi connectivity index (χ3n) is 3.80. The Morgan fingerprint density at radius 1 is 1.42 bits per heavy atom. The van der Waals surface area contributed by atoms with Gasteiger partial charge in [-0.1, -0.05) is 6.92 Å². The molecule has 24 heavy (non-hydrogen) atoms. The van der Waals surface area contributed by atoms with Crippen molar-refractivity contribution in [1.82, 2.24) is 16.0 Å². The first-order valence-corrected chi connectivity index (χ1v) is 9.47. The zero-order chi connectivity index (χ0) is 16.5. The average Bonchev–Trinajstić information content (AvgIpc) is 3.17. The van der Waals surface area contributed by atoms with Crippen LogP contribution in [0.5, 0.6) is 0 Å². The number of hydrogen-bond acceptors (Lipinski definition) is 3. The number of guanidine groups is 1. The minimum absolute atomic E-state index is 0. The summed E-state index contributed by atoms with van der Waals surface area (Å²) in [7, 11) is 0. The van der Waals surface area contributed by atoms with E-state index in [0.29, 0.717) is 18.4 Å². The molecular formula is C17H29IN4OS. The summed E-state index contributed by atoms with van der Waals surface area (Å²) in [6.45, 7) is 6.60. The van der Waals surface area contributed by atoms with Crippen molar-refractivity contribution in [1.29, 1.82) is 0 Å². The molecule has 0 saturated heterocycles. The molecule has 1 fully saturated rings. The van der Waals surface area contributed by atoms with E-state index in [0.717, 1.165) is 44.9 Å². The van der Waals surface area contributed by atoms with Gasteiger partial charge >= 0.3 is 0 Å². The predicted molar refractivity (Wildman–Crippen MR) is 113 cm³/mol. The van der Waals surface area contributed by atoms with E-state index in [1.807, 2.05) is 0 Å². The first-order valence-electron chi connectivity index (χ1n) is 8.52. The lowest BCUT2D eigenvalue weighted by Gasteiger charge is -2.13. The second kappa shape index (κ2) is 11.7. The quantitative estimate of drug-likeness (QED) is 0.228. The number of carbonyl (C=O) groups is 1. The van der Waals surface area contributed by atoms with Gasteiger partial charge in [0.15, 0.2) is 5.96 Å². The molecule has 1 aliphatic carbocycles. The molecule has 0 bridgehead atoms. The minimum atomic E-state index is 0. The summed E-state index contributed by atoms with van der Waals surface area (Å²) in [5.41, 5.74) is 1.34. The van der Waals surface area contributed by atoms with Gasteiger partial charge < -0.3 is 16.0 Å². The van der Waals surface area contributed by atoms with Crippen LogP contribution in [0.1, 0.15) is 51.0 Å². The van der Waals surface area contributed by atoms with Gasteiger partial charge in [0.25, 0.3) is 0 Å². The topological polar surface area (TPSA) is 65.5 Å². The smallest absolute Gasteiger partial charge is 0.220 e. The Bertz CT molecular complexity index is 503. The van der Waals surface area contributed by atoms with E-state index in [4.69, 9.17) is 0 Å². The standard InChI is InChI=1S/C17H28N4OS.HI/c1-3-18-17(20-11-13(2)14-8-10-23-12-14)19-9-4-5-16(22)21-15-6-7-15;/h8,10,12-13,15H,3-7,9,11H2,1-2H3,(H,21,22)(H2,18,19,20);1H. The van der Waals surface area contributed by atoms with Crippen molar-refractivity contribution in [3.8, 4) is 0 Å². The van der Waals surface area contributed by atoms with Gasteiger partial charge in [-0.3, -0.25) is 9.79 Å². The number of thiophene rings is 1. The molecule has 0 aliphatic heterocycles. The van der Waals surface area contributed by atoms with E-state index in [-0.39, 0.29) is 29.9 Å². The van der Waals surface area contributed by atoms with Crippen LogP contribution in [0.25, 0.3) is 0 Å². The van der Waals surface area contributed by atoms with Gasteiger partial charge in [-0.25, -0.2) is 0 Å². The number of amides is 1. The van der Waals surface area contributed by atoms with Gasteiger partial charge in [-0.05, 0) is 48.6 Å². The molecule has 0 radical (unpaired) electrons. The number of aliphatic imine (C=N–C) groups is 1. The zero-order valence-corrected chi connectivity index (χ0v) is 17.7. The molecule has 7 heteroatoms. The summed E-state index contributed by atoms with van der Waals surface area (Å²) in [5.74, 6) is 1.42. The summed E-state index contributed by atoms with van der Waals surface area (Å²) in [6, 6.07) is 2.61. The van der Waals surface area contributed by atoms with Crippen molar-refractivity contribution in [2.24, 2.45) is 4.99 Å². The Kier molecular flexibility index (Phi) is 10.3. The van der Waals surface area contributed by atoms with Gasteiger partial charge in [-0.15, -0.1) is 24.0 Å². The lowest BCUT2D eigenvalue weighted by atomic mass is 10.1. The fraction of sp³-hybridized carbons (Fsp3) is 0.647. The van der Waals surface area contributed by atoms with Crippen molar-refractivity contribution >= 4 is 47.2 Å². The van der Waals surface area contributed by atoms with Crippen LogP contribution in [0.3, 0.4) is 0 Å². The molecular weight excluding hydrogens is 435 g/mol. The lowest BCUT2D eigenvalue weighted by molar-refractivity contribution is -0.121. The second-order valence-electron chi connectivity index (χ2n) is 6.05. The molecule has 1 amide bonds. The molecule has 0 spiro atoms. The molecule has 136 valence electrons. The third kappa shape index (κ3) is 8.32. The summed E-state index contributed by atoms with van der Waals surface area (Å²) in [6.07, 6.45) is 3.68. The molecule has 5 nitrogen and oxygen atoms in total. The third-order valence-corrected chi connectivity index (χ3v) is 4.50. The van der Waals surface area contributed by atoms with Crippen LogP contribution < -0.4 is 16.0 Å². The number of halogens is 1. The Labute approximate surface area is 166 Å². The lowest BCUT2D eigenvalue weighted by Crippen LogP contribution is -2.38. The van der Waals surface area contributed by atoms with Crippen molar-refractivity contribution in [2.75, 3.05) is 19.6 Å². The number of nitrogens with zero attached hydrogens (tertiary/aromatic N) is 1. The van der Waals surface area contributed by atoms with E-state index in [2.05, 4.69) is 51.6 Å². The van der Waals surface area contributed by atoms with E-state index in [1.165, 1.54) is 5.56 Å². The molecule has 1 atom stereocenters. The minimum Gasteiger partial charge on any atom is -0.357 e. The van der Waals surface area contributed by atoms with Gasteiger partial charge in [0.2, 0.25) is 5.91 Å². The highest BCUT2D eigenvalue weighted by atomic mass is 127. The van der Waals surface area contributed by atoms with Crippen molar-refractivity contribution in [3.05, 3.63) is 22.4 Å². The van der Waals surface area contributed by atoms with Crippen LogP contribution in [0, 0.1) is 0 Å². The van der Waals surface area contributed by atoms with E-state index in [1.54, 1.807) is 11.3 Å². The van der Waals surface area contributed by atoms with Gasteiger partial charge in [0.05, 0.1) is 0 Å². The first kappa shape index (κ1) is 21.2.